The van der Waals surface area contributed by atoms with Crippen molar-refractivity contribution >= 4 is 21.0 Å². The van der Waals surface area contributed by atoms with Gasteiger partial charge in [-0.1, -0.05) is 6.07 Å². The number of piperidine rings is 1. The van der Waals surface area contributed by atoms with Crippen LogP contribution in [-0.4, -0.2) is 60.2 Å². The van der Waals surface area contributed by atoms with Gasteiger partial charge in [-0.15, -0.1) is 0 Å². The summed E-state index contributed by atoms with van der Waals surface area (Å²) in [5, 5.41) is 38.2. The molecule has 3 aromatic rings. The molecule has 40 heavy (non-hydrogen) atoms. The van der Waals surface area contributed by atoms with Crippen molar-refractivity contribution in [1.29, 1.82) is 0 Å². The van der Waals surface area contributed by atoms with Crippen LogP contribution >= 0.6 is 0 Å². The highest BCUT2D eigenvalue weighted by molar-refractivity contribution is 7.89. The average molecular weight is 567 g/mol. The van der Waals surface area contributed by atoms with Gasteiger partial charge in [-0.2, -0.15) is 0 Å². The van der Waals surface area contributed by atoms with Crippen LogP contribution in [0.3, 0.4) is 0 Å². The molecule has 10 nitrogen and oxygen atoms in total. The number of phenols is 1. The van der Waals surface area contributed by atoms with Crippen molar-refractivity contribution < 1.29 is 32.4 Å². The Morgan fingerprint density at radius 2 is 1.93 bits per heavy atom. The molecule has 5 aliphatic rings. The summed E-state index contributed by atoms with van der Waals surface area (Å²) in [5.41, 5.74) is -1.01. The van der Waals surface area contributed by atoms with Crippen molar-refractivity contribution in [1.82, 2.24) is 4.72 Å². The minimum atomic E-state index is -4.05. The molecule has 3 aliphatic carbocycles. The van der Waals surface area contributed by atoms with Crippen molar-refractivity contribution in [3.8, 4) is 11.5 Å². The zero-order valence-electron chi connectivity index (χ0n) is 21.7. The third kappa shape index (κ3) is 3.18. The van der Waals surface area contributed by atoms with E-state index in [1.807, 2.05) is 6.07 Å². The number of nitrogens with zero attached hydrogens (tertiary/aromatic N) is 1. The first kappa shape index (κ1) is 24.8. The Hall–Kier alpha value is -2.96. The lowest BCUT2D eigenvalue weighted by Gasteiger charge is -2.68. The zero-order valence-corrected chi connectivity index (χ0v) is 22.5. The molecule has 11 heteroatoms. The van der Waals surface area contributed by atoms with Crippen LogP contribution in [0.15, 0.2) is 56.6 Å². The van der Waals surface area contributed by atoms with E-state index in [0.29, 0.717) is 43.0 Å². The van der Waals surface area contributed by atoms with Gasteiger partial charge in [-0.3, -0.25) is 0 Å². The summed E-state index contributed by atoms with van der Waals surface area (Å²) >= 11 is 0. The van der Waals surface area contributed by atoms with Gasteiger partial charge in [0.2, 0.25) is 10.0 Å². The van der Waals surface area contributed by atoms with Crippen LogP contribution in [0.4, 0.5) is 0 Å². The van der Waals surface area contributed by atoms with Gasteiger partial charge in [0.05, 0.1) is 29.4 Å². The molecule has 0 amide bonds. The smallest absolute Gasteiger partial charge is 0.336 e. The number of aromatic hydroxyl groups is 1. The first-order valence-corrected chi connectivity index (χ1v) is 15.4. The fourth-order valence-electron chi connectivity index (χ4n) is 8.36. The van der Waals surface area contributed by atoms with Crippen LogP contribution in [0.25, 0.3) is 11.0 Å². The summed E-state index contributed by atoms with van der Waals surface area (Å²) in [6.07, 6.45) is 2.56. The molecule has 1 spiro atoms. The highest BCUT2D eigenvalue weighted by Crippen LogP contribution is 2.66. The number of hydrogen-bond donors (Lipinski definition) is 3. The quantitative estimate of drug-likeness (QED) is 0.242. The first-order chi connectivity index (χ1) is 19.0. The molecule has 2 bridgehead atoms. The van der Waals surface area contributed by atoms with E-state index in [4.69, 9.17) is 9.15 Å². The minimum Gasteiger partial charge on any atom is -0.632 e. The number of hydroxylamine groups is 3. The van der Waals surface area contributed by atoms with Gasteiger partial charge in [-0.05, 0) is 61.6 Å². The summed E-state index contributed by atoms with van der Waals surface area (Å²) in [4.78, 5) is 11.6. The molecule has 1 saturated heterocycles. The molecule has 3 fully saturated rings. The number of rotatable bonds is 5. The van der Waals surface area contributed by atoms with E-state index in [1.165, 1.54) is 30.3 Å². The van der Waals surface area contributed by atoms with E-state index < -0.39 is 49.5 Å². The molecule has 3 heterocycles. The van der Waals surface area contributed by atoms with Gasteiger partial charge < -0.3 is 29.2 Å². The maximum Gasteiger partial charge on any atom is 0.336 e. The van der Waals surface area contributed by atoms with Crippen molar-refractivity contribution in [2.24, 2.45) is 5.92 Å². The Bertz CT molecular complexity index is 1750. The molecule has 0 radical (unpaired) electrons. The van der Waals surface area contributed by atoms with Crippen molar-refractivity contribution in [2.75, 3.05) is 13.1 Å². The number of ether oxygens (including phenoxy) is 1. The van der Waals surface area contributed by atoms with Crippen LogP contribution < -0.4 is 15.1 Å². The van der Waals surface area contributed by atoms with Gasteiger partial charge in [0.15, 0.2) is 11.5 Å². The highest BCUT2D eigenvalue weighted by atomic mass is 32.2. The van der Waals surface area contributed by atoms with Gasteiger partial charge >= 0.3 is 5.63 Å². The Morgan fingerprint density at radius 1 is 1.10 bits per heavy atom. The zero-order chi connectivity index (χ0) is 27.7. The second-order valence-corrected chi connectivity index (χ2v) is 14.1. The lowest BCUT2D eigenvalue weighted by molar-refractivity contribution is -0.924. The Kier molecular flexibility index (Phi) is 4.87. The van der Waals surface area contributed by atoms with Crippen LogP contribution in [0.1, 0.15) is 43.2 Å². The minimum absolute atomic E-state index is 0.0103. The Morgan fingerprint density at radius 3 is 2.73 bits per heavy atom. The largest absolute Gasteiger partial charge is 0.632 e. The third-order valence-corrected chi connectivity index (χ3v) is 11.8. The van der Waals surface area contributed by atoms with E-state index in [2.05, 4.69) is 4.72 Å². The topological polar surface area (TPSA) is 149 Å². The molecule has 2 unspecified atom stereocenters. The molecule has 1 aromatic heterocycles. The second kappa shape index (κ2) is 7.86. The third-order valence-electron chi connectivity index (χ3n) is 10.3. The van der Waals surface area contributed by atoms with Gasteiger partial charge in [0, 0.05) is 35.8 Å². The van der Waals surface area contributed by atoms with Crippen molar-refractivity contribution in [3.05, 3.63) is 69.2 Å². The molecule has 6 atom stereocenters. The van der Waals surface area contributed by atoms with Crippen LogP contribution in [0, 0.1) is 11.1 Å². The number of hydrogen-bond acceptors (Lipinski definition) is 8. The van der Waals surface area contributed by atoms with Crippen molar-refractivity contribution in [3.63, 3.8) is 0 Å². The number of benzene rings is 2. The Labute approximate surface area is 230 Å². The molecule has 3 N–H and O–H groups in total. The lowest BCUT2D eigenvalue weighted by Crippen LogP contribution is -2.81. The Balaban J connectivity index is 1.20. The van der Waals surface area contributed by atoms with E-state index in [1.54, 1.807) is 6.07 Å². The van der Waals surface area contributed by atoms with E-state index >= 15 is 0 Å². The number of quaternary nitrogens is 1. The molecule has 2 aliphatic heterocycles. The fourth-order valence-corrected chi connectivity index (χ4v) is 9.67. The standard InChI is InChI=1S/C29H30N2O8S/c32-21-6-3-18-14-23-29(34)10-9-20(30-40(36,37)19-5-7-22-17(13-19)4-8-24(33)38-22)27-28(29,25(18)26(21)39-27)11-12-31(23,35)15-16-1-2-16/h3-8,13,16,20,23,27,30,32,34H,1-2,9-12,14-15H2/t20-,23-,27+,28?,29-,31?/m1/s1. The molecule has 2 aromatic carbocycles. The van der Waals surface area contributed by atoms with Crippen LogP contribution in [0.5, 0.6) is 11.5 Å². The van der Waals surface area contributed by atoms with Crippen LogP contribution in [0.2, 0.25) is 0 Å². The highest BCUT2D eigenvalue weighted by Gasteiger charge is 2.76. The lowest BCUT2D eigenvalue weighted by atomic mass is 9.48. The normalized spacial score (nSPS) is 35.8. The predicted molar refractivity (Wildman–Crippen MR) is 143 cm³/mol. The summed E-state index contributed by atoms with van der Waals surface area (Å²) in [6.45, 7) is 0.806. The van der Waals surface area contributed by atoms with Gasteiger partial charge in [0.1, 0.15) is 23.3 Å². The molecule has 2 saturated carbocycles. The molecule has 8 rings (SSSR count). The second-order valence-electron chi connectivity index (χ2n) is 12.4. The summed E-state index contributed by atoms with van der Waals surface area (Å²) < 4.78 is 41.3. The average Bonchev–Trinajstić information content (AvgIpc) is 3.64. The number of nitrogens with one attached hydrogen (secondary N) is 1. The van der Waals surface area contributed by atoms with Gasteiger partial charge in [0.25, 0.3) is 0 Å². The van der Waals surface area contributed by atoms with E-state index in [0.717, 1.165) is 24.0 Å². The van der Waals surface area contributed by atoms with E-state index in [-0.39, 0.29) is 29.1 Å². The molecular weight excluding hydrogens is 536 g/mol. The summed E-state index contributed by atoms with van der Waals surface area (Å²) in [6, 6.07) is 9.14. The monoisotopic (exact) mass is 566 g/mol. The SMILES string of the molecule is O=c1ccc2cc(S(=O)(=O)N[C@@H]3CC[C@@]4(O)[C@H]5Cc6ccc(O)c7c6C4(CC[N+]5([O-])CC4CC4)[C@H]3O7)ccc2o1. The maximum absolute atomic E-state index is 14.3. The number of phenolic OH excluding ortho intramolecular Hbond substituents is 1. The maximum atomic E-state index is 14.3. The number of aliphatic hydroxyl groups is 1. The predicted octanol–water partition coefficient (Wildman–Crippen LogP) is 2.42. The van der Waals surface area contributed by atoms with Gasteiger partial charge in [-0.25, -0.2) is 17.9 Å². The summed E-state index contributed by atoms with van der Waals surface area (Å²) in [5.74, 6) is 0.632. The first-order valence-electron chi connectivity index (χ1n) is 13.9. The van der Waals surface area contributed by atoms with Crippen LogP contribution in [-0.2, 0) is 21.9 Å². The van der Waals surface area contributed by atoms with E-state index in [9.17, 15) is 28.6 Å². The number of likely N-dealkylation sites (tertiary alicyclic amines) is 1. The summed E-state index contributed by atoms with van der Waals surface area (Å²) in [7, 11) is -4.05. The molecular formula is C29H30N2O8S. The number of fused-ring (bicyclic) bond motifs is 1. The number of sulfonamides is 1. The fraction of sp³-hybridized carbons (Fsp3) is 0.483. The molecule has 210 valence electrons. The van der Waals surface area contributed by atoms with Crippen molar-refractivity contribution in [2.45, 2.75) is 72.6 Å².